The third-order valence-corrected chi connectivity index (χ3v) is 4.53. The summed E-state index contributed by atoms with van der Waals surface area (Å²) >= 11 is 13.1. The van der Waals surface area contributed by atoms with Crippen LogP contribution in [0.15, 0.2) is 45.3 Å². The van der Waals surface area contributed by atoms with Gasteiger partial charge >= 0.3 is 0 Å². The van der Waals surface area contributed by atoms with Crippen molar-refractivity contribution in [1.29, 1.82) is 0 Å². The van der Waals surface area contributed by atoms with Gasteiger partial charge in [-0.3, -0.25) is 0 Å². The fourth-order valence-electron chi connectivity index (χ4n) is 2.26. The van der Waals surface area contributed by atoms with Crippen molar-refractivity contribution in [3.8, 4) is 5.75 Å². The van der Waals surface area contributed by atoms with Crippen LogP contribution in [0.5, 0.6) is 5.75 Å². The van der Waals surface area contributed by atoms with E-state index in [4.69, 9.17) is 16.3 Å². The fourth-order valence-corrected chi connectivity index (χ4v) is 3.21. The van der Waals surface area contributed by atoms with E-state index in [1.54, 1.807) is 0 Å². The average Bonchev–Trinajstić information content (AvgIpc) is 2.81. The number of fused-ring (bicyclic) bond motifs is 1. The highest BCUT2D eigenvalue weighted by Crippen LogP contribution is 2.32. The van der Waals surface area contributed by atoms with Gasteiger partial charge in [0, 0.05) is 15.4 Å². The molecule has 2 nitrogen and oxygen atoms in total. The van der Waals surface area contributed by atoms with E-state index < -0.39 is 0 Å². The van der Waals surface area contributed by atoms with E-state index in [0.717, 1.165) is 33.3 Å². The first-order chi connectivity index (χ1) is 9.61. The molecule has 1 aliphatic rings. The summed E-state index contributed by atoms with van der Waals surface area (Å²) in [5, 5.41) is 4.06. The number of hydrogen-bond donors (Lipinski definition) is 1. The summed E-state index contributed by atoms with van der Waals surface area (Å²) < 4.78 is 8.01. The molecule has 5 heteroatoms. The number of hydrogen-bond acceptors (Lipinski definition) is 2. The molecule has 0 spiro atoms. The summed E-state index contributed by atoms with van der Waals surface area (Å²) in [6, 6.07) is 11.9. The molecule has 0 bridgehead atoms. The van der Waals surface area contributed by atoms with Crippen LogP contribution in [-0.2, 0) is 6.42 Å². The maximum absolute atomic E-state index is 6.16. The fraction of sp³-hybridized carbons (Fsp3) is 0.200. The third kappa shape index (κ3) is 3.13. The summed E-state index contributed by atoms with van der Waals surface area (Å²) in [5.74, 6) is 0.973. The van der Waals surface area contributed by atoms with Crippen LogP contribution in [0.25, 0.3) is 0 Å². The molecule has 1 unspecified atom stereocenters. The smallest absolute Gasteiger partial charge is 0.123 e. The SMILES string of the molecule is Clc1ccc(Br)cc1NCC1Cc2cc(Br)ccc2O1. The third-order valence-electron chi connectivity index (χ3n) is 3.21. The molecule has 1 atom stereocenters. The number of halogens is 3. The van der Waals surface area contributed by atoms with Gasteiger partial charge in [-0.15, -0.1) is 0 Å². The Hall–Kier alpha value is -0.710. The molecule has 1 heterocycles. The van der Waals surface area contributed by atoms with E-state index in [1.165, 1.54) is 5.56 Å². The Morgan fingerprint density at radius 3 is 2.75 bits per heavy atom. The molecule has 1 aliphatic heterocycles. The van der Waals surface area contributed by atoms with Crippen molar-refractivity contribution >= 4 is 49.1 Å². The van der Waals surface area contributed by atoms with Crippen molar-refractivity contribution in [3.05, 3.63) is 55.9 Å². The van der Waals surface area contributed by atoms with Gasteiger partial charge in [-0.25, -0.2) is 0 Å². The summed E-state index contributed by atoms with van der Waals surface area (Å²) in [4.78, 5) is 0. The van der Waals surface area contributed by atoms with E-state index in [0.29, 0.717) is 5.02 Å². The van der Waals surface area contributed by atoms with Crippen LogP contribution in [0.2, 0.25) is 5.02 Å². The topological polar surface area (TPSA) is 21.3 Å². The summed E-state index contributed by atoms with van der Waals surface area (Å²) in [6.07, 6.45) is 1.04. The second-order valence-electron chi connectivity index (χ2n) is 4.70. The molecule has 3 rings (SSSR count). The van der Waals surface area contributed by atoms with Crippen molar-refractivity contribution < 1.29 is 4.74 Å². The van der Waals surface area contributed by atoms with Gasteiger partial charge in [-0.1, -0.05) is 43.5 Å². The van der Waals surface area contributed by atoms with E-state index in [1.807, 2.05) is 30.3 Å². The lowest BCUT2D eigenvalue weighted by Gasteiger charge is -2.14. The predicted molar refractivity (Wildman–Crippen MR) is 89.9 cm³/mol. The first kappa shape index (κ1) is 14.2. The highest BCUT2D eigenvalue weighted by Gasteiger charge is 2.22. The van der Waals surface area contributed by atoms with Gasteiger partial charge in [0.2, 0.25) is 0 Å². The molecule has 1 N–H and O–H groups in total. The number of benzene rings is 2. The number of ether oxygens (including phenoxy) is 1. The van der Waals surface area contributed by atoms with Gasteiger partial charge in [0.05, 0.1) is 17.3 Å². The van der Waals surface area contributed by atoms with Crippen LogP contribution in [-0.4, -0.2) is 12.6 Å². The Morgan fingerprint density at radius 2 is 1.90 bits per heavy atom. The summed E-state index contributed by atoms with van der Waals surface area (Å²) in [5.41, 5.74) is 2.16. The standard InChI is InChI=1S/C15H12Br2ClNO/c16-10-2-4-15-9(5-10)6-12(20-15)8-19-14-7-11(17)1-3-13(14)18/h1-5,7,12,19H,6,8H2. The maximum Gasteiger partial charge on any atom is 0.123 e. The summed E-state index contributed by atoms with van der Waals surface area (Å²) in [6.45, 7) is 0.725. The quantitative estimate of drug-likeness (QED) is 0.734. The zero-order chi connectivity index (χ0) is 14.1. The zero-order valence-corrected chi connectivity index (χ0v) is 14.4. The van der Waals surface area contributed by atoms with E-state index in [2.05, 4.69) is 43.2 Å². The van der Waals surface area contributed by atoms with Gasteiger partial charge in [-0.2, -0.15) is 0 Å². The second-order valence-corrected chi connectivity index (χ2v) is 6.94. The molecule has 0 aliphatic carbocycles. The Labute approximate surface area is 139 Å². The van der Waals surface area contributed by atoms with Crippen LogP contribution in [0.4, 0.5) is 5.69 Å². The lowest BCUT2D eigenvalue weighted by molar-refractivity contribution is 0.246. The number of rotatable bonds is 3. The largest absolute Gasteiger partial charge is 0.488 e. The Bertz CT molecular complexity index is 648. The lowest BCUT2D eigenvalue weighted by Crippen LogP contribution is -2.24. The first-order valence-corrected chi connectivity index (χ1v) is 8.22. The highest BCUT2D eigenvalue weighted by atomic mass is 79.9. The predicted octanol–water partition coefficient (Wildman–Crippen LogP) is 5.28. The summed E-state index contributed by atoms with van der Waals surface area (Å²) in [7, 11) is 0. The number of nitrogens with one attached hydrogen (secondary N) is 1. The van der Waals surface area contributed by atoms with Crippen molar-refractivity contribution in [2.75, 3.05) is 11.9 Å². The average molecular weight is 418 g/mol. The van der Waals surface area contributed by atoms with Gasteiger partial charge in [0.1, 0.15) is 11.9 Å². The molecule has 0 amide bonds. The van der Waals surface area contributed by atoms with E-state index in [-0.39, 0.29) is 6.10 Å². The monoisotopic (exact) mass is 415 g/mol. The molecule has 2 aromatic carbocycles. The van der Waals surface area contributed by atoms with Gasteiger partial charge < -0.3 is 10.1 Å². The van der Waals surface area contributed by atoms with Crippen LogP contribution >= 0.6 is 43.5 Å². The Balaban J connectivity index is 1.65. The molecule has 20 heavy (non-hydrogen) atoms. The molecule has 0 saturated heterocycles. The minimum atomic E-state index is 0.134. The molecule has 104 valence electrons. The number of anilines is 1. The van der Waals surface area contributed by atoms with Crippen molar-refractivity contribution in [1.82, 2.24) is 0 Å². The van der Waals surface area contributed by atoms with Gasteiger partial charge in [0.15, 0.2) is 0 Å². The van der Waals surface area contributed by atoms with Crippen molar-refractivity contribution in [2.24, 2.45) is 0 Å². The first-order valence-electron chi connectivity index (χ1n) is 6.26. The second kappa shape index (κ2) is 5.96. The molecule has 2 aromatic rings. The van der Waals surface area contributed by atoms with E-state index in [9.17, 15) is 0 Å². The van der Waals surface area contributed by atoms with Crippen molar-refractivity contribution in [3.63, 3.8) is 0 Å². The maximum atomic E-state index is 6.16. The minimum absolute atomic E-state index is 0.134. The molecule has 0 fully saturated rings. The van der Waals surface area contributed by atoms with Gasteiger partial charge in [0.25, 0.3) is 0 Å². The van der Waals surface area contributed by atoms with Crippen LogP contribution in [0.1, 0.15) is 5.56 Å². The van der Waals surface area contributed by atoms with Crippen LogP contribution in [0, 0.1) is 0 Å². The van der Waals surface area contributed by atoms with Crippen LogP contribution < -0.4 is 10.1 Å². The Kier molecular flexibility index (Phi) is 4.24. The molecule has 0 aromatic heterocycles. The molecule has 0 saturated carbocycles. The molecule has 0 radical (unpaired) electrons. The Morgan fingerprint density at radius 1 is 1.15 bits per heavy atom. The molecular weight excluding hydrogens is 405 g/mol. The normalized spacial score (nSPS) is 16.6. The van der Waals surface area contributed by atoms with Crippen LogP contribution in [0.3, 0.4) is 0 Å². The van der Waals surface area contributed by atoms with Gasteiger partial charge in [-0.05, 0) is 42.0 Å². The molecular formula is C15H12Br2ClNO. The minimum Gasteiger partial charge on any atom is -0.488 e. The highest BCUT2D eigenvalue weighted by molar-refractivity contribution is 9.10. The zero-order valence-electron chi connectivity index (χ0n) is 10.5. The lowest BCUT2D eigenvalue weighted by atomic mass is 10.1. The van der Waals surface area contributed by atoms with Crippen molar-refractivity contribution in [2.45, 2.75) is 12.5 Å². The van der Waals surface area contributed by atoms with E-state index >= 15 is 0 Å².